The molecule has 0 unspecified atom stereocenters. The van der Waals surface area contributed by atoms with Crippen LogP contribution in [0, 0.1) is 27.7 Å². The van der Waals surface area contributed by atoms with Crippen molar-refractivity contribution in [2.45, 2.75) is 27.7 Å². The van der Waals surface area contributed by atoms with Gasteiger partial charge >= 0.3 is 0 Å². The summed E-state index contributed by atoms with van der Waals surface area (Å²) in [7, 11) is 0. The lowest BCUT2D eigenvalue weighted by Crippen LogP contribution is -2.10. The molecule has 5 aromatic rings. The predicted molar refractivity (Wildman–Crippen MR) is 156 cm³/mol. The predicted octanol–water partition coefficient (Wildman–Crippen LogP) is 9.33. The van der Waals surface area contributed by atoms with Crippen molar-refractivity contribution in [3.05, 3.63) is 144 Å². The van der Waals surface area contributed by atoms with Gasteiger partial charge in [0.25, 0.3) is 0 Å². The second-order valence-corrected chi connectivity index (χ2v) is 9.20. The van der Waals surface area contributed by atoms with E-state index >= 15 is 0 Å². The van der Waals surface area contributed by atoms with Gasteiger partial charge in [-0.15, -0.1) is 0 Å². The molecule has 0 heterocycles. The molecule has 2 heteroatoms. The van der Waals surface area contributed by atoms with Gasteiger partial charge in [0, 0.05) is 22.7 Å². The third-order valence-corrected chi connectivity index (χ3v) is 6.53. The second-order valence-electron chi connectivity index (χ2n) is 9.20. The topological polar surface area (TPSA) is 29.3 Å². The number of nitrogen functional groups attached to an aromatic ring is 1. The van der Waals surface area contributed by atoms with Crippen molar-refractivity contribution in [3.63, 3.8) is 0 Å². The number of nitrogens with two attached hydrogens (primary N) is 1. The summed E-state index contributed by atoms with van der Waals surface area (Å²) < 4.78 is 0. The summed E-state index contributed by atoms with van der Waals surface area (Å²) in [5.41, 5.74) is 17.4. The van der Waals surface area contributed by atoms with E-state index in [1.165, 1.54) is 44.8 Å². The molecule has 5 rings (SSSR count). The zero-order valence-corrected chi connectivity index (χ0v) is 21.6. The largest absolute Gasteiger partial charge is 0.399 e. The standard InChI is InChI=1S/C28H27N.C6H7N/c1-20-10-14-27(18-22(20)3)29(28-15-11-21(2)23(4)19-28)26-16-12-25(13-17-26)24-8-6-5-7-9-24;7-6-4-2-1-3-5-6/h5-19H,1-4H3;1-5H,7H2. The Hall–Kier alpha value is -4.30. The van der Waals surface area contributed by atoms with Gasteiger partial charge in [0.05, 0.1) is 0 Å². The number of hydrogen-bond acceptors (Lipinski definition) is 2. The summed E-state index contributed by atoms with van der Waals surface area (Å²) in [6.07, 6.45) is 0. The van der Waals surface area contributed by atoms with Gasteiger partial charge in [-0.3, -0.25) is 0 Å². The molecule has 0 saturated heterocycles. The van der Waals surface area contributed by atoms with Gasteiger partial charge in [0.2, 0.25) is 0 Å². The van der Waals surface area contributed by atoms with Crippen LogP contribution < -0.4 is 10.6 Å². The van der Waals surface area contributed by atoms with Gasteiger partial charge in [0.1, 0.15) is 0 Å². The smallest absolute Gasteiger partial charge is 0.0464 e. The van der Waals surface area contributed by atoms with Crippen LogP contribution in [0.3, 0.4) is 0 Å². The van der Waals surface area contributed by atoms with E-state index in [9.17, 15) is 0 Å². The molecule has 0 aliphatic rings. The molecule has 36 heavy (non-hydrogen) atoms. The molecule has 0 atom stereocenters. The van der Waals surface area contributed by atoms with Crippen molar-refractivity contribution in [3.8, 4) is 11.1 Å². The molecule has 0 aliphatic heterocycles. The van der Waals surface area contributed by atoms with Crippen LogP contribution in [0.1, 0.15) is 22.3 Å². The maximum atomic E-state index is 5.36. The van der Waals surface area contributed by atoms with E-state index in [0.29, 0.717) is 0 Å². The molecule has 0 amide bonds. The summed E-state index contributed by atoms with van der Waals surface area (Å²) in [5.74, 6) is 0. The lowest BCUT2D eigenvalue weighted by molar-refractivity contribution is 1.23. The highest BCUT2D eigenvalue weighted by Gasteiger charge is 2.14. The molecule has 0 bridgehead atoms. The van der Waals surface area contributed by atoms with E-state index in [1.807, 2.05) is 30.3 Å². The molecular weight excluding hydrogens is 436 g/mol. The maximum absolute atomic E-state index is 5.36. The molecule has 0 aromatic heterocycles. The zero-order chi connectivity index (χ0) is 25.5. The average Bonchev–Trinajstić information content (AvgIpc) is 2.90. The molecule has 5 aromatic carbocycles. The van der Waals surface area contributed by atoms with Gasteiger partial charge in [-0.25, -0.2) is 0 Å². The number of benzene rings is 5. The van der Waals surface area contributed by atoms with Gasteiger partial charge in [0.15, 0.2) is 0 Å². The van der Waals surface area contributed by atoms with Crippen LogP contribution in [-0.4, -0.2) is 0 Å². The lowest BCUT2D eigenvalue weighted by atomic mass is 10.0. The SMILES string of the molecule is Cc1ccc(N(c2ccc(-c3ccccc3)cc2)c2ccc(C)c(C)c2)cc1C.Nc1ccccc1. The Kier molecular flexibility index (Phi) is 7.87. The minimum absolute atomic E-state index is 0.822. The highest BCUT2D eigenvalue weighted by Crippen LogP contribution is 2.37. The molecule has 0 radical (unpaired) electrons. The first-order valence-corrected chi connectivity index (χ1v) is 12.3. The summed E-state index contributed by atoms with van der Waals surface area (Å²) in [6, 6.07) is 42.2. The van der Waals surface area contributed by atoms with Crippen LogP contribution >= 0.6 is 0 Å². The highest BCUT2D eigenvalue weighted by atomic mass is 15.1. The summed E-state index contributed by atoms with van der Waals surface area (Å²) >= 11 is 0. The van der Waals surface area contributed by atoms with Crippen LogP contribution in [0.25, 0.3) is 11.1 Å². The average molecular weight is 471 g/mol. The van der Waals surface area contributed by atoms with Crippen LogP contribution in [0.4, 0.5) is 22.7 Å². The number of hydrogen-bond donors (Lipinski definition) is 1. The van der Waals surface area contributed by atoms with E-state index in [-0.39, 0.29) is 0 Å². The van der Waals surface area contributed by atoms with Crippen molar-refractivity contribution in [2.24, 2.45) is 0 Å². The zero-order valence-electron chi connectivity index (χ0n) is 21.6. The first kappa shape index (κ1) is 24.8. The van der Waals surface area contributed by atoms with Gasteiger partial charge in [-0.2, -0.15) is 0 Å². The van der Waals surface area contributed by atoms with E-state index in [4.69, 9.17) is 5.73 Å². The Morgan fingerprint density at radius 2 is 0.833 bits per heavy atom. The monoisotopic (exact) mass is 470 g/mol. The first-order chi connectivity index (χ1) is 17.4. The van der Waals surface area contributed by atoms with Crippen LogP contribution in [-0.2, 0) is 0 Å². The summed E-state index contributed by atoms with van der Waals surface area (Å²) in [5, 5.41) is 0. The quantitative estimate of drug-likeness (QED) is 0.265. The van der Waals surface area contributed by atoms with Crippen molar-refractivity contribution in [2.75, 3.05) is 10.6 Å². The Bertz CT molecular complexity index is 1350. The number of para-hydroxylation sites is 1. The lowest BCUT2D eigenvalue weighted by Gasteiger charge is -2.27. The minimum atomic E-state index is 0.822. The van der Waals surface area contributed by atoms with Crippen molar-refractivity contribution < 1.29 is 0 Å². The third kappa shape index (κ3) is 6.03. The fraction of sp³-hybridized carbons (Fsp3) is 0.118. The molecule has 0 aliphatic carbocycles. The summed E-state index contributed by atoms with van der Waals surface area (Å²) in [6.45, 7) is 8.67. The number of rotatable bonds is 4. The number of anilines is 4. The number of aryl methyl sites for hydroxylation is 4. The molecule has 2 N–H and O–H groups in total. The Balaban J connectivity index is 0.000000375. The van der Waals surface area contributed by atoms with Crippen molar-refractivity contribution >= 4 is 22.7 Å². The van der Waals surface area contributed by atoms with Crippen LogP contribution in [0.2, 0.25) is 0 Å². The van der Waals surface area contributed by atoms with E-state index < -0.39 is 0 Å². The minimum Gasteiger partial charge on any atom is -0.399 e. The van der Waals surface area contributed by atoms with Gasteiger partial charge < -0.3 is 10.6 Å². The Morgan fingerprint density at radius 1 is 0.417 bits per heavy atom. The molecule has 0 fully saturated rings. The van der Waals surface area contributed by atoms with Crippen molar-refractivity contribution in [1.29, 1.82) is 0 Å². The first-order valence-electron chi connectivity index (χ1n) is 12.3. The number of nitrogens with zero attached hydrogens (tertiary/aromatic N) is 1. The van der Waals surface area contributed by atoms with E-state index in [1.54, 1.807) is 0 Å². The molecule has 0 saturated carbocycles. The van der Waals surface area contributed by atoms with Gasteiger partial charge in [-0.05, 0) is 110 Å². The second kappa shape index (κ2) is 11.4. The molecular formula is C34H34N2. The maximum Gasteiger partial charge on any atom is 0.0464 e. The Labute approximate surface area is 215 Å². The molecule has 2 nitrogen and oxygen atoms in total. The van der Waals surface area contributed by atoms with Crippen molar-refractivity contribution in [1.82, 2.24) is 0 Å². The van der Waals surface area contributed by atoms with Crippen LogP contribution in [0.5, 0.6) is 0 Å². The normalized spacial score (nSPS) is 10.3. The molecule has 0 spiro atoms. The summed E-state index contributed by atoms with van der Waals surface area (Å²) in [4.78, 5) is 2.34. The fourth-order valence-electron chi connectivity index (χ4n) is 4.06. The third-order valence-electron chi connectivity index (χ3n) is 6.53. The highest BCUT2D eigenvalue weighted by molar-refractivity contribution is 5.79. The van der Waals surface area contributed by atoms with E-state index in [2.05, 4.69) is 124 Å². The fourth-order valence-corrected chi connectivity index (χ4v) is 4.06. The molecule has 180 valence electrons. The van der Waals surface area contributed by atoms with E-state index in [0.717, 1.165) is 11.4 Å². The van der Waals surface area contributed by atoms with Gasteiger partial charge in [-0.1, -0.05) is 72.8 Å². The van der Waals surface area contributed by atoms with Crippen LogP contribution in [0.15, 0.2) is 121 Å². The Morgan fingerprint density at radius 3 is 1.25 bits per heavy atom.